The van der Waals surface area contributed by atoms with Crippen LogP contribution in [0.25, 0.3) is 0 Å². The van der Waals surface area contributed by atoms with Gasteiger partial charge in [0.2, 0.25) is 0 Å². The van der Waals surface area contributed by atoms with Gasteiger partial charge in [0.25, 0.3) is 5.91 Å². The van der Waals surface area contributed by atoms with E-state index in [1.54, 1.807) is 12.3 Å². The maximum absolute atomic E-state index is 12.9. The number of benzene rings is 1. The van der Waals surface area contributed by atoms with E-state index in [1.165, 1.54) is 11.1 Å². The standard InChI is InChI=1S/C20H26N2O2/c1-15-18(11-13-24-15)20(23)22-12-5-4-6-19(22)17-9-7-16(8-10-17)14-21(2)3/h7-11,13,19H,4-6,12,14H2,1-3H3/t19-/m0/s1. The average molecular weight is 326 g/mol. The van der Waals surface area contributed by atoms with Gasteiger partial charge in [-0.15, -0.1) is 0 Å². The molecule has 1 aromatic heterocycles. The van der Waals surface area contributed by atoms with E-state index in [0.29, 0.717) is 11.3 Å². The number of amides is 1. The van der Waals surface area contributed by atoms with Gasteiger partial charge in [0.1, 0.15) is 5.76 Å². The van der Waals surface area contributed by atoms with Gasteiger partial charge < -0.3 is 14.2 Å². The molecular weight excluding hydrogens is 300 g/mol. The highest BCUT2D eigenvalue weighted by Crippen LogP contribution is 2.32. The lowest BCUT2D eigenvalue weighted by Crippen LogP contribution is -2.38. The summed E-state index contributed by atoms with van der Waals surface area (Å²) in [5, 5.41) is 0. The maximum Gasteiger partial charge on any atom is 0.257 e. The minimum atomic E-state index is 0.0864. The summed E-state index contributed by atoms with van der Waals surface area (Å²) in [6, 6.07) is 10.7. The summed E-state index contributed by atoms with van der Waals surface area (Å²) in [6.45, 7) is 3.59. The molecule has 1 atom stereocenters. The summed E-state index contributed by atoms with van der Waals surface area (Å²) in [6.07, 6.45) is 4.85. The molecular formula is C20H26N2O2. The number of likely N-dealkylation sites (tertiary alicyclic amines) is 1. The number of furan rings is 1. The van der Waals surface area contributed by atoms with Gasteiger partial charge in [-0.25, -0.2) is 0 Å². The maximum atomic E-state index is 12.9. The van der Waals surface area contributed by atoms with E-state index in [-0.39, 0.29) is 11.9 Å². The van der Waals surface area contributed by atoms with Crippen molar-refractivity contribution in [1.29, 1.82) is 0 Å². The Morgan fingerprint density at radius 3 is 2.58 bits per heavy atom. The molecule has 0 bridgehead atoms. The quantitative estimate of drug-likeness (QED) is 0.851. The summed E-state index contributed by atoms with van der Waals surface area (Å²) in [5.41, 5.74) is 3.21. The number of hydrogen-bond acceptors (Lipinski definition) is 3. The molecule has 0 N–H and O–H groups in total. The molecule has 1 saturated heterocycles. The molecule has 0 radical (unpaired) electrons. The molecule has 0 saturated carbocycles. The number of rotatable bonds is 4. The summed E-state index contributed by atoms with van der Waals surface area (Å²) in [4.78, 5) is 17.1. The molecule has 4 heteroatoms. The molecule has 4 nitrogen and oxygen atoms in total. The van der Waals surface area contributed by atoms with Crippen molar-refractivity contribution < 1.29 is 9.21 Å². The summed E-state index contributed by atoms with van der Waals surface area (Å²) < 4.78 is 5.32. The highest BCUT2D eigenvalue weighted by Gasteiger charge is 2.30. The van der Waals surface area contributed by atoms with E-state index >= 15 is 0 Å². The third-order valence-electron chi connectivity index (χ3n) is 4.72. The molecule has 1 amide bonds. The lowest BCUT2D eigenvalue weighted by Gasteiger charge is -2.36. The second kappa shape index (κ2) is 7.22. The van der Waals surface area contributed by atoms with Gasteiger partial charge in [0.05, 0.1) is 17.9 Å². The fourth-order valence-corrected chi connectivity index (χ4v) is 3.49. The van der Waals surface area contributed by atoms with E-state index < -0.39 is 0 Å². The zero-order valence-corrected chi connectivity index (χ0v) is 14.8. The first-order chi connectivity index (χ1) is 11.6. The van der Waals surface area contributed by atoms with Crippen molar-refractivity contribution in [3.05, 3.63) is 59.0 Å². The molecule has 1 fully saturated rings. The molecule has 0 aliphatic carbocycles. The van der Waals surface area contributed by atoms with Gasteiger partial charge in [0, 0.05) is 13.1 Å². The van der Waals surface area contributed by atoms with E-state index in [0.717, 1.165) is 32.4 Å². The Hall–Kier alpha value is -2.07. The second-order valence-corrected chi connectivity index (χ2v) is 6.88. The van der Waals surface area contributed by atoms with Crippen LogP contribution >= 0.6 is 0 Å². The van der Waals surface area contributed by atoms with Crippen molar-refractivity contribution >= 4 is 5.91 Å². The van der Waals surface area contributed by atoms with Crippen LogP contribution in [-0.4, -0.2) is 36.3 Å². The van der Waals surface area contributed by atoms with Crippen LogP contribution in [0.5, 0.6) is 0 Å². The van der Waals surface area contributed by atoms with Crippen molar-refractivity contribution in [2.75, 3.05) is 20.6 Å². The lowest BCUT2D eigenvalue weighted by molar-refractivity contribution is 0.0610. The molecule has 2 aromatic rings. The molecule has 0 unspecified atom stereocenters. The first kappa shape index (κ1) is 16.8. The zero-order chi connectivity index (χ0) is 17.1. The first-order valence-corrected chi connectivity index (χ1v) is 8.65. The van der Waals surface area contributed by atoms with Crippen LogP contribution in [0.2, 0.25) is 0 Å². The third-order valence-corrected chi connectivity index (χ3v) is 4.72. The predicted molar refractivity (Wildman–Crippen MR) is 94.9 cm³/mol. The summed E-state index contributed by atoms with van der Waals surface area (Å²) >= 11 is 0. The van der Waals surface area contributed by atoms with Crippen LogP contribution in [0.1, 0.15) is 52.5 Å². The van der Waals surface area contributed by atoms with Crippen LogP contribution in [0.3, 0.4) is 0 Å². The molecule has 1 aromatic carbocycles. The highest BCUT2D eigenvalue weighted by atomic mass is 16.3. The molecule has 3 rings (SSSR count). The Morgan fingerprint density at radius 1 is 1.21 bits per heavy atom. The SMILES string of the molecule is Cc1occc1C(=O)N1CCCC[C@H]1c1ccc(CN(C)C)cc1. The second-order valence-electron chi connectivity index (χ2n) is 6.88. The minimum Gasteiger partial charge on any atom is -0.469 e. The summed E-state index contributed by atoms with van der Waals surface area (Å²) in [5.74, 6) is 0.786. The Bertz CT molecular complexity index is 688. The Kier molecular flexibility index (Phi) is 5.05. The van der Waals surface area contributed by atoms with E-state index in [4.69, 9.17) is 4.42 Å². The normalized spacial score (nSPS) is 18.2. The third kappa shape index (κ3) is 3.54. The number of hydrogen-bond donors (Lipinski definition) is 0. The van der Waals surface area contributed by atoms with Crippen molar-refractivity contribution in [2.24, 2.45) is 0 Å². The van der Waals surface area contributed by atoms with Crippen LogP contribution in [0.4, 0.5) is 0 Å². The molecule has 1 aliphatic rings. The van der Waals surface area contributed by atoms with Crippen LogP contribution in [-0.2, 0) is 6.54 Å². The average Bonchev–Trinajstić information content (AvgIpc) is 3.00. The molecule has 1 aliphatic heterocycles. The van der Waals surface area contributed by atoms with Crippen molar-refractivity contribution in [2.45, 2.75) is 38.8 Å². The van der Waals surface area contributed by atoms with E-state index in [2.05, 4.69) is 43.3 Å². The number of carbonyl (C=O) groups excluding carboxylic acids is 1. The molecule has 2 heterocycles. The van der Waals surface area contributed by atoms with Gasteiger partial charge in [-0.3, -0.25) is 4.79 Å². The van der Waals surface area contributed by atoms with Crippen LogP contribution in [0, 0.1) is 6.92 Å². The van der Waals surface area contributed by atoms with Crippen molar-refractivity contribution in [3.63, 3.8) is 0 Å². The number of nitrogens with zero attached hydrogens (tertiary/aromatic N) is 2. The number of carbonyl (C=O) groups is 1. The van der Waals surface area contributed by atoms with Crippen LogP contribution in [0.15, 0.2) is 41.0 Å². The van der Waals surface area contributed by atoms with Gasteiger partial charge in [0.15, 0.2) is 0 Å². The van der Waals surface area contributed by atoms with Gasteiger partial charge >= 0.3 is 0 Å². The smallest absolute Gasteiger partial charge is 0.257 e. The predicted octanol–water partition coefficient (Wildman–Crippen LogP) is 4.02. The Balaban J connectivity index is 1.82. The number of piperidine rings is 1. The molecule has 24 heavy (non-hydrogen) atoms. The largest absolute Gasteiger partial charge is 0.469 e. The van der Waals surface area contributed by atoms with Crippen LogP contribution < -0.4 is 0 Å². The lowest BCUT2D eigenvalue weighted by atomic mass is 9.93. The number of aryl methyl sites for hydroxylation is 1. The van der Waals surface area contributed by atoms with Crippen molar-refractivity contribution in [3.8, 4) is 0 Å². The van der Waals surface area contributed by atoms with Crippen molar-refractivity contribution in [1.82, 2.24) is 9.80 Å². The molecule has 0 spiro atoms. The Labute approximate surface area is 144 Å². The fourth-order valence-electron chi connectivity index (χ4n) is 3.49. The van der Waals surface area contributed by atoms with Gasteiger partial charge in [-0.1, -0.05) is 24.3 Å². The van der Waals surface area contributed by atoms with Gasteiger partial charge in [-0.2, -0.15) is 0 Å². The minimum absolute atomic E-state index is 0.0864. The topological polar surface area (TPSA) is 36.7 Å². The summed E-state index contributed by atoms with van der Waals surface area (Å²) in [7, 11) is 4.14. The van der Waals surface area contributed by atoms with Gasteiger partial charge in [-0.05, 0) is 57.5 Å². The zero-order valence-electron chi connectivity index (χ0n) is 14.8. The monoisotopic (exact) mass is 326 g/mol. The first-order valence-electron chi connectivity index (χ1n) is 8.65. The Morgan fingerprint density at radius 2 is 1.96 bits per heavy atom. The van der Waals surface area contributed by atoms with E-state index in [1.807, 2.05) is 11.8 Å². The molecule has 128 valence electrons. The van der Waals surface area contributed by atoms with E-state index in [9.17, 15) is 4.79 Å². The fraction of sp³-hybridized carbons (Fsp3) is 0.450. The highest BCUT2D eigenvalue weighted by molar-refractivity contribution is 5.95.